The molecule has 1 aromatic rings. The Morgan fingerprint density at radius 3 is 2.84 bits per heavy atom. The molecule has 4 N–H and O–H groups in total. The number of aliphatic hydroxyl groups is 1. The smallest absolute Gasteiger partial charge is 0.218 e. The molecule has 7 heteroatoms. The average Bonchev–Trinajstić information content (AvgIpc) is 2.33. The van der Waals surface area contributed by atoms with E-state index in [1.165, 1.54) is 0 Å². The minimum Gasteiger partial charge on any atom is -0.489 e. The number of hydrogen-bond donors (Lipinski definition) is 3. The number of amides is 1. The molecule has 1 amide bonds. The normalized spacial score (nSPS) is 12.2. The van der Waals surface area contributed by atoms with Gasteiger partial charge in [0.05, 0.1) is 5.02 Å². The van der Waals surface area contributed by atoms with Crippen LogP contribution in [0.1, 0.15) is 6.42 Å². The van der Waals surface area contributed by atoms with Gasteiger partial charge in [0.2, 0.25) is 5.91 Å². The average molecular weight is 307 g/mol. The number of primary amides is 1. The Morgan fingerprint density at radius 1 is 1.47 bits per heavy atom. The molecule has 1 aromatic carbocycles. The first-order valence-corrected chi connectivity index (χ1v) is 6.49. The maximum atomic E-state index is 10.5. The third kappa shape index (κ3) is 6.63. The van der Waals surface area contributed by atoms with Gasteiger partial charge in [0.25, 0.3) is 0 Å². The number of halogens is 2. The van der Waals surface area contributed by atoms with Gasteiger partial charge in [-0.25, -0.2) is 0 Å². The lowest BCUT2D eigenvalue weighted by molar-refractivity contribution is -0.117. The van der Waals surface area contributed by atoms with Crippen molar-refractivity contribution in [2.24, 2.45) is 5.73 Å². The molecule has 0 bridgehead atoms. The molecule has 0 spiro atoms. The van der Waals surface area contributed by atoms with E-state index in [9.17, 15) is 9.90 Å². The van der Waals surface area contributed by atoms with Crippen molar-refractivity contribution in [1.29, 1.82) is 0 Å². The maximum absolute atomic E-state index is 10.5. The van der Waals surface area contributed by atoms with E-state index >= 15 is 0 Å². The number of nitrogens with two attached hydrogens (primary N) is 1. The van der Waals surface area contributed by atoms with Crippen molar-refractivity contribution in [2.75, 3.05) is 19.7 Å². The second-order valence-electron chi connectivity index (χ2n) is 3.96. The molecule has 1 atom stereocenters. The number of nitrogens with one attached hydrogen (secondary N) is 1. The zero-order valence-electron chi connectivity index (χ0n) is 10.2. The van der Waals surface area contributed by atoms with Gasteiger partial charge >= 0.3 is 0 Å². The Kier molecular flexibility index (Phi) is 6.94. The Labute approximate surface area is 121 Å². The summed E-state index contributed by atoms with van der Waals surface area (Å²) in [6.45, 7) is 0.817. The van der Waals surface area contributed by atoms with Gasteiger partial charge in [0.15, 0.2) is 0 Å². The number of aliphatic hydroxyl groups excluding tert-OH is 1. The predicted octanol–water partition coefficient (Wildman–Crippen LogP) is 1.20. The number of benzene rings is 1. The molecule has 106 valence electrons. The number of rotatable bonds is 8. The second kappa shape index (κ2) is 8.22. The molecule has 0 saturated carbocycles. The Hall–Kier alpha value is -1.01. The van der Waals surface area contributed by atoms with E-state index in [1.54, 1.807) is 18.2 Å². The summed E-state index contributed by atoms with van der Waals surface area (Å²) in [6.07, 6.45) is -0.476. The fourth-order valence-electron chi connectivity index (χ4n) is 1.32. The van der Waals surface area contributed by atoms with Crippen LogP contribution in [0.2, 0.25) is 10.0 Å². The molecule has 19 heavy (non-hydrogen) atoms. The summed E-state index contributed by atoms with van der Waals surface area (Å²) in [6, 6.07) is 4.86. The summed E-state index contributed by atoms with van der Waals surface area (Å²) >= 11 is 11.7. The van der Waals surface area contributed by atoms with Gasteiger partial charge in [-0.2, -0.15) is 0 Å². The lowest BCUT2D eigenvalue weighted by atomic mass is 10.3. The molecule has 5 nitrogen and oxygen atoms in total. The van der Waals surface area contributed by atoms with Crippen molar-refractivity contribution >= 4 is 29.1 Å². The van der Waals surface area contributed by atoms with Crippen molar-refractivity contribution in [3.63, 3.8) is 0 Å². The zero-order valence-corrected chi connectivity index (χ0v) is 11.7. The van der Waals surface area contributed by atoms with Crippen LogP contribution in [0.15, 0.2) is 18.2 Å². The van der Waals surface area contributed by atoms with Crippen LogP contribution in [-0.4, -0.2) is 36.8 Å². The summed E-state index contributed by atoms with van der Waals surface area (Å²) in [7, 11) is 0. The fourth-order valence-corrected chi connectivity index (χ4v) is 1.78. The lowest BCUT2D eigenvalue weighted by Crippen LogP contribution is -2.33. The first-order chi connectivity index (χ1) is 8.99. The van der Waals surface area contributed by atoms with E-state index in [1.807, 2.05) is 0 Å². The Morgan fingerprint density at radius 2 is 2.21 bits per heavy atom. The fraction of sp³-hybridized carbons (Fsp3) is 0.417. The lowest BCUT2D eigenvalue weighted by Gasteiger charge is -2.13. The molecule has 0 saturated heterocycles. The number of ether oxygens (including phenoxy) is 1. The van der Waals surface area contributed by atoms with Gasteiger partial charge in [-0.1, -0.05) is 23.2 Å². The van der Waals surface area contributed by atoms with E-state index in [-0.39, 0.29) is 18.9 Å². The minimum atomic E-state index is -0.709. The van der Waals surface area contributed by atoms with Crippen LogP contribution in [0, 0.1) is 0 Å². The standard InChI is InChI=1S/C12H16Cl2N2O3/c13-8-1-2-11(10(14)5-8)19-7-9(17)6-16-4-3-12(15)18/h1-2,5,9,16-17H,3-4,6-7H2,(H2,15,18). The largest absolute Gasteiger partial charge is 0.489 e. The van der Waals surface area contributed by atoms with Crippen LogP contribution < -0.4 is 15.8 Å². The molecule has 0 aliphatic heterocycles. The molecular formula is C12H16Cl2N2O3. The van der Waals surface area contributed by atoms with Crippen molar-refractivity contribution in [3.05, 3.63) is 28.2 Å². The zero-order chi connectivity index (χ0) is 14.3. The van der Waals surface area contributed by atoms with Crippen LogP contribution in [0.5, 0.6) is 5.75 Å². The summed E-state index contributed by atoms with van der Waals surface area (Å²) in [5, 5.41) is 13.4. The number of carbonyl (C=O) groups is 1. The first-order valence-electron chi connectivity index (χ1n) is 5.74. The van der Waals surface area contributed by atoms with Crippen LogP contribution >= 0.6 is 23.2 Å². The SMILES string of the molecule is NC(=O)CCNCC(O)COc1ccc(Cl)cc1Cl. The van der Waals surface area contributed by atoms with Gasteiger partial charge in [-0.05, 0) is 18.2 Å². The minimum absolute atomic E-state index is 0.0882. The molecule has 0 radical (unpaired) electrons. The third-order valence-corrected chi connectivity index (χ3v) is 2.78. The van der Waals surface area contributed by atoms with E-state index in [0.717, 1.165) is 0 Å². The van der Waals surface area contributed by atoms with E-state index in [4.69, 9.17) is 33.7 Å². The van der Waals surface area contributed by atoms with Gasteiger partial charge in [0, 0.05) is 24.5 Å². The number of hydrogen-bond acceptors (Lipinski definition) is 4. The van der Waals surface area contributed by atoms with Crippen LogP contribution in [0.3, 0.4) is 0 Å². The van der Waals surface area contributed by atoms with Crippen LogP contribution in [-0.2, 0) is 4.79 Å². The van der Waals surface area contributed by atoms with Gasteiger partial charge < -0.3 is 20.9 Å². The van der Waals surface area contributed by atoms with Crippen molar-refractivity contribution in [2.45, 2.75) is 12.5 Å². The van der Waals surface area contributed by atoms with Crippen molar-refractivity contribution in [1.82, 2.24) is 5.32 Å². The van der Waals surface area contributed by atoms with Gasteiger partial charge in [0.1, 0.15) is 18.5 Å². The molecule has 0 aliphatic carbocycles. The van der Waals surface area contributed by atoms with Crippen LogP contribution in [0.25, 0.3) is 0 Å². The number of carbonyl (C=O) groups excluding carboxylic acids is 1. The molecule has 1 rings (SSSR count). The molecular weight excluding hydrogens is 291 g/mol. The predicted molar refractivity (Wildman–Crippen MR) is 74.6 cm³/mol. The summed E-state index contributed by atoms with van der Waals surface area (Å²) in [4.78, 5) is 10.5. The topological polar surface area (TPSA) is 84.6 Å². The highest BCUT2D eigenvalue weighted by atomic mass is 35.5. The Bertz CT molecular complexity index is 429. The van der Waals surface area contributed by atoms with Crippen LogP contribution in [0.4, 0.5) is 0 Å². The monoisotopic (exact) mass is 306 g/mol. The first kappa shape index (κ1) is 16.0. The summed E-state index contributed by atoms with van der Waals surface area (Å²) in [5.74, 6) is 0.0773. The van der Waals surface area contributed by atoms with Crippen molar-refractivity contribution < 1.29 is 14.6 Å². The highest BCUT2D eigenvalue weighted by Gasteiger charge is 2.07. The highest BCUT2D eigenvalue weighted by Crippen LogP contribution is 2.27. The third-order valence-electron chi connectivity index (χ3n) is 2.25. The van der Waals surface area contributed by atoms with E-state index in [2.05, 4.69) is 5.32 Å². The molecule has 0 aromatic heterocycles. The second-order valence-corrected chi connectivity index (χ2v) is 4.80. The molecule has 0 heterocycles. The molecule has 0 fully saturated rings. The van der Waals surface area contributed by atoms with Crippen molar-refractivity contribution in [3.8, 4) is 5.75 Å². The Balaban J connectivity index is 2.26. The summed E-state index contributed by atoms with van der Waals surface area (Å²) < 4.78 is 5.36. The van der Waals surface area contributed by atoms with Gasteiger partial charge in [-0.3, -0.25) is 4.79 Å². The van der Waals surface area contributed by atoms with E-state index < -0.39 is 6.10 Å². The van der Waals surface area contributed by atoms with E-state index in [0.29, 0.717) is 28.9 Å². The quantitative estimate of drug-likeness (QED) is 0.630. The highest BCUT2D eigenvalue weighted by molar-refractivity contribution is 6.35. The molecule has 0 aliphatic rings. The summed E-state index contributed by atoms with van der Waals surface area (Å²) in [5.41, 5.74) is 4.98. The van der Waals surface area contributed by atoms with Gasteiger partial charge in [-0.15, -0.1) is 0 Å². The molecule has 1 unspecified atom stereocenters. The maximum Gasteiger partial charge on any atom is 0.218 e.